The van der Waals surface area contributed by atoms with Crippen molar-refractivity contribution in [2.75, 3.05) is 79.2 Å². The molecular formula is C22H31NO8. The Morgan fingerprint density at radius 1 is 0.742 bits per heavy atom. The average Bonchev–Trinajstić information content (AvgIpc) is 2.74. The van der Waals surface area contributed by atoms with Crippen LogP contribution in [0.2, 0.25) is 0 Å². The van der Waals surface area contributed by atoms with E-state index < -0.39 is 5.63 Å². The first-order valence-corrected chi connectivity index (χ1v) is 10.6. The molecule has 3 rings (SSSR count). The summed E-state index contributed by atoms with van der Waals surface area (Å²) in [5, 5.41) is 10.5. The van der Waals surface area contributed by atoms with Crippen LogP contribution in [0.1, 0.15) is 5.56 Å². The second-order valence-electron chi connectivity index (χ2n) is 7.11. The maximum Gasteiger partial charge on any atom is 0.336 e. The molecule has 2 heterocycles. The smallest absolute Gasteiger partial charge is 0.336 e. The Morgan fingerprint density at radius 2 is 1.26 bits per heavy atom. The lowest BCUT2D eigenvalue weighted by molar-refractivity contribution is -0.0189. The summed E-state index contributed by atoms with van der Waals surface area (Å²) in [5.41, 5.74) is 0.759. The molecule has 1 fully saturated rings. The quantitative estimate of drug-likeness (QED) is 0.699. The molecule has 0 spiro atoms. The molecule has 0 aliphatic carbocycles. The molecule has 9 heteroatoms. The van der Waals surface area contributed by atoms with Crippen molar-refractivity contribution in [2.24, 2.45) is 0 Å². The molecule has 9 nitrogen and oxygen atoms in total. The van der Waals surface area contributed by atoms with Gasteiger partial charge in [-0.15, -0.1) is 0 Å². The molecule has 0 radical (unpaired) electrons. The van der Waals surface area contributed by atoms with Gasteiger partial charge in [0.25, 0.3) is 0 Å². The number of nitrogens with zero attached hydrogens (tertiary/aromatic N) is 1. The Hall–Kier alpha value is -2.01. The molecule has 31 heavy (non-hydrogen) atoms. The van der Waals surface area contributed by atoms with E-state index >= 15 is 0 Å². The summed E-state index contributed by atoms with van der Waals surface area (Å²) in [6.45, 7) is 7.08. The number of hydrogen-bond donors (Lipinski definition) is 1. The van der Waals surface area contributed by atoms with Gasteiger partial charge in [-0.3, -0.25) is 4.90 Å². The molecular weight excluding hydrogens is 406 g/mol. The molecule has 1 saturated heterocycles. The van der Waals surface area contributed by atoms with Crippen LogP contribution in [0.3, 0.4) is 0 Å². The highest BCUT2D eigenvalue weighted by molar-refractivity contribution is 5.81. The molecule has 1 aromatic carbocycles. The van der Waals surface area contributed by atoms with E-state index in [0.717, 1.165) is 10.9 Å². The number of phenolic OH excluding ortho intramolecular Hbond substituents is 1. The highest BCUT2D eigenvalue weighted by Gasteiger charge is 2.12. The molecule has 2 aromatic rings. The zero-order valence-electron chi connectivity index (χ0n) is 17.8. The minimum atomic E-state index is -0.444. The third kappa shape index (κ3) is 8.56. The number of rotatable bonds is 2. The molecule has 0 atom stereocenters. The minimum absolute atomic E-state index is 0.0575. The lowest BCUT2D eigenvalue weighted by Crippen LogP contribution is -2.31. The number of hydrogen-bond acceptors (Lipinski definition) is 9. The zero-order valence-corrected chi connectivity index (χ0v) is 17.8. The Kier molecular flexibility index (Phi) is 10.2. The molecule has 1 N–H and O–H groups in total. The van der Waals surface area contributed by atoms with Crippen LogP contribution in [-0.4, -0.2) is 89.2 Å². The Bertz CT molecular complexity index is 822. The van der Waals surface area contributed by atoms with Gasteiger partial charge in [-0.05, 0) is 17.7 Å². The lowest BCUT2D eigenvalue weighted by Gasteiger charge is -2.23. The van der Waals surface area contributed by atoms with E-state index in [4.69, 9.17) is 28.1 Å². The van der Waals surface area contributed by atoms with Crippen LogP contribution in [0.4, 0.5) is 0 Å². The molecule has 0 amide bonds. The van der Waals surface area contributed by atoms with Gasteiger partial charge < -0.3 is 33.2 Å². The molecule has 1 aliphatic rings. The van der Waals surface area contributed by atoms with Crippen LogP contribution in [0.15, 0.2) is 33.5 Å². The van der Waals surface area contributed by atoms with Crippen molar-refractivity contribution in [1.29, 1.82) is 0 Å². The first-order chi connectivity index (χ1) is 15.2. The van der Waals surface area contributed by atoms with Gasteiger partial charge in [0, 0.05) is 37.2 Å². The second kappa shape index (κ2) is 13.4. The molecule has 0 saturated carbocycles. The highest BCUT2D eigenvalue weighted by Crippen LogP contribution is 2.22. The molecule has 1 aliphatic heterocycles. The molecule has 0 unspecified atom stereocenters. The van der Waals surface area contributed by atoms with Crippen LogP contribution in [0, 0.1) is 0 Å². The summed E-state index contributed by atoms with van der Waals surface area (Å²) in [7, 11) is 0. The summed E-state index contributed by atoms with van der Waals surface area (Å²) in [6, 6.07) is 6.30. The van der Waals surface area contributed by atoms with E-state index in [0.29, 0.717) is 91.3 Å². The van der Waals surface area contributed by atoms with Crippen molar-refractivity contribution in [1.82, 2.24) is 4.90 Å². The number of fused-ring (bicyclic) bond motifs is 1. The fourth-order valence-corrected chi connectivity index (χ4v) is 3.23. The Labute approximate surface area is 181 Å². The number of phenols is 1. The predicted molar refractivity (Wildman–Crippen MR) is 114 cm³/mol. The largest absolute Gasteiger partial charge is 0.508 e. The first kappa shape index (κ1) is 23.6. The van der Waals surface area contributed by atoms with Gasteiger partial charge in [0.1, 0.15) is 11.3 Å². The van der Waals surface area contributed by atoms with E-state index in [9.17, 15) is 9.90 Å². The van der Waals surface area contributed by atoms with Crippen LogP contribution >= 0.6 is 0 Å². The zero-order chi connectivity index (χ0) is 21.7. The van der Waals surface area contributed by atoms with Gasteiger partial charge in [-0.25, -0.2) is 4.79 Å². The van der Waals surface area contributed by atoms with E-state index in [1.165, 1.54) is 12.1 Å². The van der Waals surface area contributed by atoms with Crippen molar-refractivity contribution < 1.29 is 33.2 Å². The minimum Gasteiger partial charge on any atom is -0.508 e. The van der Waals surface area contributed by atoms with Crippen molar-refractivity contribution in [3.63, 3.8) is 0 Å². The summed E-state index contributed by atoms with van der Waals surface area (Å²) < 4.78 is 33.0. The first-order valence-electron chi connectivity index (χ1n) is 10.6. The SMILES string of the molecule is O=c1cc(CN2CCOCCOCCOCCOCCOCC2)c2ccc(O)cc2o1. The maximum atomic E-state index is 12.0. The fourth-order valence-electron chi connectivity index (χ4n) is 3.23. The lowest BCUT2D eigenvalue weighted by atomic mass is 10.1. The van der Waals surface area contributed by atoms with Gasteiger partial charge in [-0.2, -0.15) is 0 Å². The molecule has 172 valence electrons. The van der Waals surface area contributed by atoms with Crippen LogP contribution in [0.5, 0.6) is 5.75 Å². The van der Waals surface area contributed by atoms with Gasteiger partial charge in [0.05, 0.1) is 66.1 Å². The van der Waals surface area contributed by atoms with Crippen LogP contribution in [-0.2, 0) is 30.2 Å². The highest BCUT2D eigenvalue weighted by atomic mass is 16.6. The summed E-state index contributed by atoms with van der Waals surface area (Å²) in [6.07, 6.45) is 0. The van der Waals surface area contributed by atoms with E-state index in [1.807, 2.05) is 0 Å². The van der Waals surface area contributed by atoms with Crippen molar-refractivity contribution in [2.45, 2.75) is 6.54 Å². The third-order valence-electron chi connectivity index (χ3n) is 4.80. The van der Waals surface area contributed by atoms with Gasteiger partial charge in [0.2, 0.25) is 0 Å². The van der Waals surface area contributed by atoms with E-state index in [2.05, 4.69) is 4.90 Å². The van der Waals surface area contributed by atoms with E-state index in [-0.39, 0.29) is 5.75 Å². The van der Waals surface area contributed by atoms with Gasteiger partial charge >= 0.3 is 5.63 Å². The van der Waals surface area contributed by atoms with Crippen LogP contribution < -0.4 is 5.63 Å². The topological polar surface area (TPSA) is 99.8 Å². The predicted octanol–water partition coefficient (Wildman–Crippen LogP) is 1.40. The van der Waals surface area contributed by atoms with Crippen molar-refractivity contribution in [3.05, 3.63) is 40.2 Å². The fraction of sp³-hybridized carbons (Fsp3) is 0.591. The summed E-state index contributed by atoms with van der Waals surface area (Å²) in [4.78, 5) is 14.2. The van der Waals surface area contributed by atoms with Crippen LogP contribution in [0.25, 0.3) is 11.0 Å². The number of benzene rings is 1. The normalized spacial score (nSPS) is 19.6. The number of aromatic hydroxyl groups is 1. The van der Waals surface area contributed by atoms with Crippen molar-refractivity contribution >= 4 is 11.0 Å². The molecule has 0 bridgehead atoms. The summed E-state index contributed by atoms with van der Waals surface area (Å²) in [5.74, 6) is 0.0575. The average molecular weight is 437 g/mol. The second-order valence-corrected chi connectivity index (χ2v) is 7.11. The monoisotopic (exact) mass is 437 g/mol. The third-order valence-corrected chi connectivity index (χ3v) is 4.80. The number of ether oxygens (including phenoxy) is 5. The Balaban J connectivity index is 1.61. The standard InChI is InChI=1S/C22H31NO8/c24-19-1-2-20-18(15-22(25)31-21(20)16-19)17-23-3-5-26-7-9-28-11-13-30-14-12-29-10-8-27-6-4-23/h1-2,15-16,24H,3-14,17H2. The van der Waals surface area contributed by atoms with Gasteiger partial charge in [0.15, 0.2) is 0 Å². The van der Waals surface area contributed by atoms with Crippen molar-refractivity contribution in [3.8, 4) is 5.75 Å². The van der Waals surface area contributed by atoms with E-state index in [1.54, 1.807) is 12.1 Å². The Morgan fingerprint density at radius 3 is 1.81 bits per heavy atom. The maximum absolute atomic E-state index is 12.0. The van der Waals surface area contributed by atoms with Gasteiger partial charge in [-0.1, -0.05) is 0 Å². The molecule has 1 aromatic heterocycles. The summed E-state index contributed by atoms with van der Waals surface area (Å²) >= 11 is 0.